The van der Waals surface area contributed by atoms with Gasteiger partial charge in [0.2, 0.25) is 5.91 Å². The standard InChI is InChI=1S/C23H29ClN2O3/c1-15(2)25-23(28)18(5)26(13-19-8-10-20(24)11-9-19)22(27)14-29-21-12-16(3)6-7-17(21)4/h6-12,15,18H,13-14H2,1-5H3,(H,25,28)/t18-/m0/s1. The van der Waals surface area contributed by atoms with Gasteiger partial charge in [0.05, 0.1) is 0 Å². The fourth-order valence-electron chi connectivity index (χ4n) is 2.86. The molecular formula is C23H29ClN2O3. The van der Waals surface area contributed by atoms with Gasteiger partial charge in [-0.25, -0.2) is 0 Å². The first-order chi connectivity index (χ1) is 13.7. The van der Waals surface area contributed by atoms with Gasteiger partial charge < -0.3 is 15.0 Å². The summed E-state index contributed by atoms with van der Waals surface area (Å²) in [6.45, 7) is 9.56. The van der Waals surface area contributed by atoms with Crippen molar-refractivity contribution in [1.82, 2.24) is 10.2 Å². The van der Waals surface area contributed by atoms with Crippen LogP contribution >= 0.6 is 11.6 Å². The van der Waals surface area contributed by atoms with Crippen LogP contribution in [0.3, 0.4) is 0 Å². The molecule has 1 atom stereocenters. The molecule has 0 aromatic heterocycles. The highest BCUT2D eigenvalue weighted by Crippen LogP contribution is 2.20. The van der Waals surface area contributed by atoms with Crippen LogP contribution in [0.2, 0.25) is 5.02 Å². The molecule has 0 saturated heterocycles. The minimum Gasteiger partial charge on any atom is -0.483 e. The zero-order valence-electron chi connectivity index (χ0n) is 17.7. The minimum absolute atomic E-state index is 0.0105. The van der Waals surface area contributed by atoms with Gasteiger partial charge in [-0.3, -0.25) is 9.59 Å². The van der Waals surface area contributed by atoms with Crippen molar-refractivity contribution in [2.75, 3.05) is 6.61 Å². The number of hydrogen-bond donors (Lipinski definition) is 1. The summed E-state index contributed by atoms with van der Waals surface area (Å²) in [5.74, 6) is 0.213. The quantitative estimate of drug-likeness (QED) is 0.698. The molecule has 0 heterocycles. The summed E-state index contributed by atoms with van der Waals surface area (Å²) in [6.07, 6.45) is 0. The Morgan fingerprint density at radius 2 is 1.72 bits per heavy atom. The number of nitrogens with zero attached hydrogens (tertiary/aromatic N) is 1. The summed E-state index contributed by atoms with van der Waals surface area (Å²) in [5, 5.41) is 3.49. The van der Waals surface area contributed by atoms with Crippen molar-refractivity contribution in [1.29, 1.82) is 0 Å². The number of ether oxygens (including phenoxy) is 1. The van der Waals surface area contributed by atoms with Crippen molar-refractivity contribution in [2.45, 2.75) is 53.2 Å². The molecule has 29 heavy (non-hydrogen) atoms. The van der Waals surface area contributed by atoms with E-state index in [0.29, 0.717) is 17.3 Å². The lowest BCUT2D eigenvalue weighted by molar-refractivity contribution is -0.142. The Kier molecular flexibility index (Phi) is 8.09. The molecule has 0 aliphatic carbocycles. The number of carbonyl (C=O) groups excluding carboxylic acids is 2. The number of carbonyl (C=O) groups is 2. The van der Waals surface area contributed by atoms with Gasteiger partial charge in [-0.2, -0.15) is 0 Å². The molecule has 2 aromatic carbocycles. The third kappa shape index (κ3) is 6.79. The van der Waals surface area contributed by atoms with Crippen molar-refractivity contribution in [2.24, 2.45) is 0 Å². The van der Waals surface area contributed by atoms with E-state index in [1.807, 2.05) is 58.0 Å². The van der Waals surface area contributed by atoms with Crippen molar-refractivity contribution < 1.29 is 14.3 Å². The maximum Gasteiger partial charge on any atom is 0.261 e. The van der Waals surface area contributed by atoms with Crippen LogP contribution in [-0.2, 0) is 16.1 Å². The van der Waals surface area contributed by atoms with Crippen molar-refractivity contribution in [3.8, 4) is 5.75 Å². The van der Waals surface area contributed by atoms with Crippen molar-refractivity contribution in [3.63, 3.8) is 0 Å². The summed E-state index contributed by atoms with van der Waals surface area (Å²) in [4.78, 5) is 27.1. The summed E-state index contributed by atoms with van der Waals surface area (Å²) in [6, 6.07) is 12.4. The molecule has 2 aromatic rings. The molecule has 156 valence electrons. The highest BCUT2D eigenvalue weighted by molar-refractivity contribution is 6.30. The van der Waals surface area contributed by atoms with E-state index in [-0.39, 0.29) is 24.5 Å². The molecule has 0 fully saturated rings. The first kappa shape index (κ1) is 22.8. The van der Waals surface area contributed by atoms with Crippen LogP contribution in [0.1, 0.15) is 37.5 Å². The summed E-state index contributed by atoms with van der Waals surface area (Å²) in [7, 11) is 0. The largest absolute Gasteiger partial charge is 0.483 e. The smallest absolute Gasteiger partial charge is 0.261 e. The molecule has 0 unspecified atom stereocenters. The molecular weight excluding hydrogens is 388 g/mol. The Morgan fingerprint density at radius 3 is 2.34 bits per heavy atom. The van der Waals surface area contributed by atoms with E-state index < -0.39 is 6.04 Å². The molecule has 0 spiro atoms. The molecule has 0 aliphatic heterocycles. The van der Waals surface area contributed by atoms with E-state index in [1.54, 1.807) is 19.1 Å². The maximum absolute atomic E-state index is 13.0. The van der Waals surface area contributed by atoms with Crippen LogP contribution < -0.4 is 10.1 Å². The molecule has 0 aliphatic rings. The van der Waals surface area contributed by atoms with Gasteiger partial charge in [0.25, 0.3) is 5.91 Å². The van der Waals surface area contributed by atoms with Gasteiger partial charge in [-0.15, -0.1) is 0 Å². The predicted octanol–water partition coefficient (Wildman–Crippen LogP) is 4.28. The van der Waals surface area contributed by atoms with Crippen LogP contribution in [0.5, 0.6) is 5.75 Å². The van der Waals surface area contributed by atoms with Gasteiger partial charge >= 0.3 is 0 Å². The summed E-state index contributed by atoms with van der Waals surface area (Å²) >= 11 is 5.96. The van der Waals surface area contributed by atoms with Gasteiger partial charge in [0, 0.05) is 17.6 Å². The van der Waals surface area contributed by atoms with E-state index in [0.717, 1.165) is 16.7 Å². The lowest BCUT2D eigenvalue weighted by Crippen LogP contribution is -2.50. The number of nitrogens with one attached hydrogen (secondary N) is 1. The van der Waals surface area contributed by atoms with Crippen LogP contribution in [0.25, 0.3) is 0 Å². The number of hydrogen-bond acceptors (Lipinski definition) is 3. The average Bonchev–Trinajstić information content (AvgIpc) is 2.67. The lowest BCUT2D eigenvalue weighted by atomic mass is 10.1. The second-order valence-corrected chi connectivity index (χ2v) is 7.98. The third-order valence-electron chi connectivity index (χ3n) is 4.56. The molecule has 0 bridgehead atoms. The molecule has 0 radical (unpaired) electrons. The van der Waals surface area contributed by atoms with E-state index in [2.05, 4.69) is 5.32 Å². The fraction of sp³-hybridized carbons (Fsp3) is 0.391. The van der Waals surface area contributed by atoms with Crippen molar-refractivity contribution >= 4 is 23.4 Å². The minimum atomic E-state index is -0.636. The number of aryl methyl sites for hydroxylation is 2. The topological polar surface area (TPSA) is 58.6 Å². The molecule has 2 amide bonds. The monoisotopic (exact) mass is 416 g/mol. The Hall–Kier alpha value is -2.53. The Bertz CT molecular complexity index is 850. The second kappa shape index (κ2) is 10.3. The van der Waals surface area contributed by atoms with E-state index >= 15 is 0 Å². The predicted molar refractivity (Wildman–Crippen MR) is 116 cm³/mol. The van der Waals surface area contributed by atoms with Crippen LogP contribution in [0.4, 0.5) is 0 Å². The Labute approximate surface area is 178 Å². The zero-order chi connectivity index (χ0) is 21.6. The first-order valence-electron chi connectivity index (χ1n) is 9.71. The molecule has 1 N–H and O–H groups in total. The highest BCUT2D eigenvalue weighted by Gasteiger charge is 2.27. The number of halogens is 1. The van der Waals surface area contributed by atoms with Gasteiger partial charge in [0.1, 0.15) is 11.8 Å². The van der Waals surface area contributed by atoms with Crippen molar-refractivity contribution in [3.05, 3.63) is 64.2 Å². The van der Waals surface area contributed by atoms with E-state index in [1.165, 1.54) is 4.90 Å². The normalized spacial score (nSPS) is 11.8. The van der Waals surface area contributed by atoms with E-state index in [9.17, 15) is 9.59 Å². The summed E-state index contributed by atoms with van der Waals surface area (Å²) in [5.41, 5.74) is 2.90. The van der Waals surface area contributed by atoms with Gasteiger partial charge in [0.15, 0.2) is 6.61 Å². The van der Waals surface area contributed by atoms with Crippen LogP contribution in [0.15, 0.2) is 42.5 Å². The van der Waals surface area contributed by atoms with Gasteiger partial charge in [-0.05, 0) is 69.5 Å². The van der Waals surface area contributed by atoms with Gasteiger partial charge in [-0.1, -0.05) is 35.9 Å². The number of rotatable bonds is 8. The average molecular weight is 417 g/mol. The number of amides is 2. The lowest BCUT2D eigenvalue weighted by Gasteiger charge is -2.29. The Balaban J connectivity index is 2.17. The molecule has 2 rings (SSSR count). The number of benzene rings is 2. The van der Waals surface area contributed by atoms with E-state index in [4.69, 9.17) is 16.3 Å². The van der Waals surface area contributed by atoms with Crippen LogP contribution in [-0.4, -0.2) is 35.4 Å². The Morgan fingerprint density at radius 1 is 1.07 bits per heavy atom. The first-order valence-corrected chi connectivity index (χ1v) is 10.1. The highest BCUT2D eigenvalue weighted by atomic mass is 35.5. The maximum atomic E-state index is 13.0. The molecule has 6 heteroatoms. The fourth-order valence-corrected chi connectivity index (χ4v) is 2.99. The third-order valence-corrected chi connectivity index (χ3v) is 4.81. The SMILES string of the molecule is Cc1ccc(C)c(OCC(=O)N(Cc2ccc(Cl)cc2)[C@@H](C)C(=O)NC(C)C)c1. The molecule has 0 saturated carbocycles. The second-order valence-electron chi connectivity index (χ2n) is 7.54. The molecule has 5 nitrogen and oxygen atoms in total. The van der Waals surface area contributed by atoms with Crippen LogP contribution in [0, 0.1) is 13.8 Å². The zero-order valence-corrected chi connectivity index (χ0v) is 18.4. The summed E-state index contributed by atoms with van der Waals surface area (Å²) < 4.78 is 5.78.